The second-order valence-electron chi connectivity index (χ2n) is 3.34. The number of nitrogens with zero attached hydrogens (tertiary/aromatic N) is 1. The smallest absolute Gasteiger partial charge is 0.336 e. The molecule has 16 heavy (non-hydrogen) atoms. The van der Waals surface area contributed by atoms with Crippen molar-refractivity contribution in [1.82, 2.24) is 0 Å². The van der Waals surface area contributed by atoms with Crippen LogP contribution in [0, 0.1) is 0 Å². The van der Waals surface area contributed by atoms with Crippen LogP contribution in [-0.4, -0.2) is 42.7 Å². The molecule has 5 heteroatoms. The van der Waals surface area contributed by atoms with Crippen LogP contribution in [0.3, 0.4) is 0 Å². The van der Waals surface area contributed by atoms with E-state index >= 15 is 0 Å². The highest BCUT2D eigenvalue weighted by Crippen LogP contribution is 2.17. The Bertz CT molecular complexity index is 403. The Kier molecular flexibility index (Phi) is 4.02. The van der Waals surface area contributed by atoms with E-state index in [1.807, 2.05) is 0 Å². The molecule has 0 aromatic heterocycles. The molecule has 1 aromatic rings. The summed E-state index contributed by atoms with van der Waals surface area (Å²) < 4.78 is 0. The lowest BCUT2D eigenvalue weighted by Crippen LogP contribution is -2.21. The Balaban J connectivity index is 3.08. The zero-order valence-electron chi connectivity index (χ0n) is 8.88. The number of aldehydes is 1. The van der Waals surface area contributed by atoms with Crippen LogP contribution in [0.1, 0.15) is 20.7 Å². The van der Waals surface area contributed by atoms with E-state index < -0.39 is 5.97 Å². The molecule has 86 valence electrons. The molecule has 0 aliphatic heterocycles. The fraction of sp³-hybridized carbons (Fsp3) is 0.273. The van der Waals surface area contributed by atoms with Crippen molar-refractivity contribution in [3.05, 3.63) is 29.3 Å². The fourth-order valence-electron chi connectivity index (χ4n) is 1.36. The Hall–Kier alpha value is -1.88. The zero-order valence-corrected chi connectivity index (χ0v) is 8.88. The van der Waals surface area contributed by atoms with Crippen molar-refractivity contribution in [3.63, 3.8) is 0 Å². The van der Waals surface area contributed by atoms with E-state index in [0.29, 0.717) is 18.5 Å². The van der Waals surface area contributed by atoms with Crippen molar-refractivity contribution in [3.8, 4) is 0 Å². The van der Waals surface area contributed by atoms with Crippen LogP contribution < -0.4 is 4.90 Å². The predicted octanol–water partition coefficient (Wildman–Crippen LogP) is 0.626. The van der Waals surface area contributed by atoms with Crippen LogP contribution in [0.15, 0.2) is 18.2 Å². The lowest BCUT2D eigenvalue weighted by atomic mass is 10.1. The third kappa shape index (κ3) is 2.58. The van der Waals surface area contributed by atoms with Crippen molar-refractivity contribution < 1.29 is 19.8 Å². The summed E-state index contributed by atoms with van der Waals surface area (Å²) in [6.07, 6.45) is 0.514. The van der Waals surface area contributed by atoms with Crippen LogP contribution >= 0.6 is 0 Å². The minimum Gasteiger partial charge on any atom is -0.478 e. The first-order valence-corrected chi connectivity index (χ1v) is 4.74. The number of carbonyl (C=O) groups excluding carboxylic acids is 1. The molecule has 0 fully saturated rings. The molecule has 0 aliphatic carbocycles. The normalized spacial score (nSPS) is 9.88. The average molecular weight is 223 g/mol. The molecule has 1 aromatic carbocycles. The first kappa shape index (κ1) is 12.2. The molecule has 0 saturated carbocycles. The van der Waals surface area contributed by atoms with Gasteiger partial charge in [0.05, 0.1) is 12.2 Å². The number of aliphatic hydroxyl groups excluding tert-OH is 1. The highest BCUT2D eigenvalue weighted by atomic mass is 16.4. The molecular formula is C11H13NO4. The van der Waals surface area contributed by atoms with Gasteiger partial charge in [0.2, 0.25) is 0 Å². The lowest BCUT2D eigenvalue weighted by Gasteiger charge is -2.18. The molecular weight excluding hydrogens is 210 g/mol. The van der Waals surface area contributed by atoms with Crippen LogP contribution in [0.4, 0.5) is 5.69 Å². The van der Waals surface area contributed by atoms with E-state index in [1.54, 1.807) is 18.0 Å². The van der Waals surface area contributed by atoms with Crippen LogP contribution in [0.25, 0.3) is 0 Å². The van der Waals surface area contributed by atoms with E-state index in [1.165, 1.54) is 12.1 Å². The van der Waals surface area contributed by atoms with Crippen molar-refractivity contribution in [2.75, 3.05) is 25.1 Å². The third-order valence-corrected chi connectivity index (χ3v) is 2.27. The monoisotopic (exact) mass is 223 g/mol. The largest absolute Gasteiger partial charge is 0.478 e. The quantitative estimate of drug-likeness (QED) is 0.716. The molecule has 0 aliphatic rings. The van der Waals surface area contributed by atoms with Crippen molar-refractivity contribution >= 4 is 17.9 Å². The maximum absolute atomic E-state index is 10.8. The second-order valence-corrected chi connectivity index (χ2v) is 3.34. The second kappa shape index (κ2) is 5.27. The lowest BCUT2D eigenvalue weighted by molar-refractivity contribution is 0.0694. The summed E-state index contributed by atoms with van der Waals surface area (Å²) in [6.45, 7) is 0.415. The van der Waals surface area contributed by atoms with Crippen molar-refractivity contribution in [2.24, 2.45) is 0 Å². The number of carboxylic acids is 1. The van der Waals surface area contributed by atoms with Gasteiger partial charge in [0.1, 0.15) is 0 Å². The number of carboxylic acid groups (broad SMARTS) is 1. The molecule has 0 radical (unpaired) electrons. The van der Waals surface area contributed by atoms with Gasteiger partial charge in [-0.1, -0.05) is 0 Å². The Morgan fingerprint density at radius 3 is 2.69 bits per heavy atom. The van der Waals surface area contributed by atoms with Gasteiger partial charge in [-0.3, -0.25) is 4.79 Å². The van der Waals surface area contributed by atoms with Crippen molar-refractivity contribution in [1.29, 1.82) is 0 Å². The number of hydrogen-bond donors (Lipinski definition) is 2. The number of aliphatic hydroxyl groups is 1. The van der Waals surface area contributed by atoms with Gasteiger partial charge in [0.25, 0.3) is 0 Å². The van der Waals surface area contributed by atoms with E-state index in [4.69, 9.17) is 10.2 Å². The van der Waals surface area contributed by atoms with Gasteiger partial charge in [0, 0.05) is 24.8 Å². The highest BCUT2D eigenvalue weighted by molar-refractivity contribution is 5.98. The summed E-state index contributed by atoms with van der Waals surface area (Å²) in [5.74, 6) is -1.13. The average Bonchev–Trinajstić information content (AvgIpc) is 2.28. The molecule has 0 spiro atoms. The highest BCUT2D eigenvalue weighted by Gasteiger charge is 2.11. The molecule has 0 bridgehead atoms. The minimum atomic E-state index is -1.13. The summed E-state index contributed by atoms with van der Waals surface area (Å²) in [4.78, 5) is 23.2. The zero-order chi connectivity index (χ0) is 12.1. The Morgan fingerprint density at radius 1 is 1.50 bits per heavy atom. The van der Waals surface area contributed by atoms with Crippen LogP contribution in [0.5, 0.6) is 0 Å². The number of anilines is 1. The maximum atomic E-state index is 10.8. The van der Waals surface area contributed by atoms with Gasteiger partial charge in [-0.25, -0.2) is 4.79 Å². The predicted molar refractivity (Wildman–Crippen MR) is 59.1 cm³/mol. The first-order valence-electron chi connectivity index (χ1n) is 4.74. The SMILES string of the molecule is CN(CCO)c1ccc(C(=O)O)c(C=O)c1. The van der Waals surface area contributed by atoms with Gasteiger partial charge in [-0.05, 0) is 18.2 Å². The Labute approximate surface area is 92.9 Å². The molecule has 0 amide bonds. The molecule has 0 heterocycles. The number of hydrogen-bond acceptors (Lipinski definition) is 4. The number of benzene rings is 1. The standard InChI is InChI=1S/C11H13NO4/c1-12(4-5-13)9-2-3-10(11(15)16)8(6-9)7-14/h2-3,6-7,13H,4-5H2,1H3,(H,15,16). The van der Waals surface area contributed by atoms with Gasteiger partial charge in [0.15, 0.2) is 6.29 Å². The number of rotatable bonds is 5. The topological polar surface area (TPSA) is 77.8 Å². The number of carbonyl (C=O) groups is 2. The molecule has 1 rings (SSSR count). The third-order valence-electron chi connectivity index (χ3n) is 2.27. The van der Waals surface area contributed by atoms with E-state index in [0.717, 1.165) is 0 Å². The minimum absolute atomic E-state index is 0.00634. The van der Waals surface area contributed by atoms with Gasteiger partial charge < -0.3 is 15.1 Å². The maximum Gasteiger partial charge on any atom is 0.336 e. The van der Waals surface area contributed by atoms with Gasteiger partial charge in [-0.15, -0.1) is 0 Å². The van der Waals surface area contributed by atoms with Crippen LogP contribution in [-0.2, 0) is 0 Å². The summed E-state index contributed by atoms with van der Waals surface area (Å²) in [5.41, 5.74) is 0.812. The summed E-state index contributed by atoms with van der Waals surface area (Å²) in [5, 5.41) is 17.6. The van der Waals surface area contributed by atoms with Crippen molar-refractivity contribution in [2.45, 2.75) is 0 Å². The van der Waals surface area contributed by atoms with E-state index in [-0.39, 0.29) is 17.7 Å². The summed E-state index contributed by atoms with van der Waals surface area (Å²) >= 11 is 0. The molecule has 0 unspecified atom stereocenters. The number of likely N-dealkylation sites (N-methyl/N-ethyl adjacent to an activating group) is 1. The Morgan fingerprint density at radius 2 is 2.19 bits per heavy atom. The van der Waals surface area contributed by atoms with Gasteiger partial charge >= 0.3 is 5.97 Å². The molecule has 0 saturated heterocycles. The van der Waals surface area contributed by atoms with Gasteiger partial charge in [-0.2, -0.15) is 0 Å². The molecule has 2 N–H and O–H groups in total. The summed E-state index contributed by atoms with van der Waals surface area (Å²) in [7, 11) is 1.75. The number of aromatic carboxylic acids is 1. The first-order chi connectivity index (χ1) is 7.60. The van der Waals surface area contributed by atoms with E-state index in [2.05, 4.69) is 0 Å². The molecule has 5 nitrogen and oxygen atoms in total. The molecule has 0 atom stereocenters. The summed E-state index contributed by atoms with van der Waals surface area (Å²) in [6, 6.07) is 4.48. The van der Waals surface area contributed by atoms with Crippen LogP contribution in [0.2, 0.25) is 0 Å². The van der Waals surface area contributed by atoms with E-state index in [9.17, 15) is 9.59 Å². The fourth-order valence-corrected chi connectivity index (χ4v) is 1.36.